The second-order valence-corrected chi connectivity index (χ2v) is 13.0. The maximum Gasteiger partial charge on any atom is 0.303 e. The second-order valence-electron chi connectivity index (χ2n) is 12.2. The van der Waals surface area contributed by atoms with Crippen LogP contribution in [-0.4, -0.2) is 51.5 Å². The molecular weight excluding hydrogens is 496 g/mol. The summed E-state index contributed by atoms with van der Waals surface area (Å²) in [4.78, 5) is 30.4. The molecule has 3 N–H and O–H groups in total. The van der Waals surface area contributed by atoms with Crippen molar-refractivity contribution in [1.82, 2.24) is 14.9 Å². The van der Waals surface area contributed by atoms with Crippen molar-refractivity contribution in [2.24, 2.45) is 5.84 Å². The van der Waals surface area contributed by atoms with Crippen molar-refractivity contribution in [3.8, 4) is 11.3 Å². The fourth-order valence-corrected chi connectivity index (χ4v) is 6.62. The van der Waals surface area contributed by atoms with Gasteiger partial charge in [-0.05, 0) is 67.1 Å². The van der Waals surface area contributed by atoms with E-state index < -0.39 is 5.97 Å². The lowest BCUT2D eigenvalue weighted by atomic mass is 9.63. The molecule has 0 saturated carbocycles. The highest BCUT2D eigenvalue weighted by Gasteiger charge is 2.37. The molecule has 4 rings (SSSR count). The van der Waals surface area contributed by atoms with Crippen molar-refractivity contribution in [3.63, 3.8) is 0 Å². The molecule has 1 aromatic heterocycles. The molecule has 206 valence electrons. The molecule has 7 nitrogen and oxygen atoms in total. The van der Waals surface area contributed by atoms with E-state index in [9.17, 15) is 9.59 Å². The smallest absolute Gasteiger partial charge is 0.303 e. The lowest BCUT2D eigenvalue weighted by molar-refractivity contribution is -0.137. The van der Waals surface area contributed by atoms with Gasteiger partial charge in [0.25, 0.3) is 0 Å². The molecule has 8 heteroatoms. The van der Waals surface area contributed by atoms with E-state index in [1.165, 1.54) is 34.5 Å². The minimum atomic E-state index is -0.848. The average molecular weight is 539 g/mol. The number of rotatable bonds is 8. The van der Waals surface area contributed by atoms with Crippen molar-refractivity contribution in [2.75, 3.05) is 19.6 Å². The minimum absolute atomic E-state index is 0.00337. The summed E-state index contributed by atoms with van der Waals surface area (Å²) >= 11 is 1.73. The summed E-state index contributed by atoms with van der Waals surface area (Å²) < 4.78 is 0. The van der Waals surface area contributed by atoms with Crippen molar-refractivity contribution in [2.45, 2.75) is 89.9 Å². The Hall–Kier alpha value is -2.71. The fraction of sp³-hybridized carbons (Fsp3) is 0.567. The van der Waals surface area contributed by atoms with Gasteiger partial charge in [0.15, 0.2) is 0 Å². The zero-order valence-electron chi connectivity index (χ0n) is 23.4. The summed E-state index contributed by atoms with van der Waals surface area (Å²) in [5.41, 5.74) is 6.25. The lowest BCUT2D eigenvalue weighted by Crippen LogP contribution is -2.45. The Morgan fingerprint density at radius 1 is 1.16 bits per heavy atom. The molecule has 1 amide bonds. The number of carbonyl (C=O) groups excluding carboxylic acids is 1. The number of nitrogens with zero attached hydrogens (tertiary/aromatic N) is 3. The zero-order valence-corrected chi connectivity index (χ0v) is 24.2. The molecule has 0 unspecified atom stereocenters. The molecule has 0 spiro atoms. The molecule has 1 aromatic carbocycles. The van der Waals surface area contributed by atoms with Gasteiger partial charge in [0, 0.05) is 42.1 Å². The largest absolute Gasteiger partial charge is 0.481 e. The van der Waals surface area contributed by atoms with Crippen LogP contribution in [0.2, 0.25) is 0 Å². The average Bonchev–Trinajstić information content (AvgIpc) is 3.37. The Balaban J connectivity index is 1.36. The van der Waals surface area contributed by atoms with Crippen molar-refractivity contribution in [3.05, 3.63) is 51.5 Å². The molecule has 1 saturated heterocycles. The van der Waals surface area contributed by atoms with Gasteiger partial charge in [-0.25, -0.2) is 10.8 Å². The molecule has 0 bridgehead atoms. The number of hydrogen-bond acceptors (Lipinski definition) is 6. The highest BCUT2D eigenvalue weighted by atomic mass is 32.1. The Bertz CT molecular complexity index is 1210. The number of allylic oxidation sites excluding steroid dienone is 2. The molecule has 1 aliphatic carbocycles. The third-order valence-corrected chi connectivity index (χ3v) is 9.43. The van der Waals surface area contributed by atoms with Crippen LogP contribution in [0.25, 0.3) is 11.3 Å². The number of hydrogen-bond donors (Lipinski definition) is 2. The SMILES string of the molecule is C/C(=C/CCC(=O)O)N(N)CC(=O)N1CCC(c2nc(-c3ccc4c(c3)C(C)(C)CCC4(C)C)cs2)CC1. The number of fused-ring (bicyclic) bond motifs is 1. The van der Waals surface area contributed by atoms with Gasteiger partial charge in [-0.15, -0.1) is 11.3 Å². The monoisotopic (exact) mass is 538 g/mol. The predicted octanol–water partition coefficient (Wildman–Crippen LogP) is 5.81. The first-order valence-corrected chi connectivity index (χ1v) is 14.5. The first kappa shape index (κ1) is 28.3. The number of likely N-dealkylation sites (tertiary alicyclic amines) is 1. The van der Waals surface area contributed by atoms with Crippen LogP contribution in [0.5, 0.6) is 0 Å². The van der Waals surface area contributed by atoms with Gasteiger partial charge in [0.05, 0.1) is 10.7 Å². The zero-order chi connectivity index (χ0) is 27.7. The number of nitrogens with two attached hydrogens (primary N) is 1. The van der Waals surface area contributed by atoms with Gasteiger partial charge in [-0.2, -0.15) is 0 Å². The molecule has 2 aromatic rings. The first-order chi connectivity index (χ1) is 17.9. The van der Waals surface area contributed by atoms with E-state index in [4.69, 9.17) is 15.9 Å². The number of aliphatic carboxylic acids is 1. The van der Waals surface area contributed by atoms with Crippen LogP contribution in [0.4, 0.5) is 0 Å². The molecule has 0 atom stereocenters. The standard InChI is InChI=1S/C30H42N4O3S/c1-20(7-6-8-27(36)37)34(31)18-26(35)33-15-11-21(12-16-33)28-32-25(19-38-28)22-9-10-23-24(17-22)30(4,5)14-13-29(23,2)3/h7,9-10,17,19,21H,6,8,11-16,18,31H2,1-5H3,(H,36,37)/b20-7-. The van der Waals surface area contributed by atoms with Crippen LogP contribution in [0.1, 0.15) is 95.2 Å². The van der Waals surface area contributed by atoms with Gasteiger partial charge >= 0.3 is 5.97 Å². The Morgan fingerprint density at radius 2 is 1.82 bits per heavy atom. The van der Waals surface area contributed by atoms with Gasteiger partial charge in [0.2, 0.25) is 5.91 Å². The number of hydrazine groups is 1. The molecule has 38 heavy (non-hydrogen) atoms. The number of thiazole rings is 1. The quantitative estimate of drug-likeness (QED) is 0.325. The minimum Gasteiger partial charge on any atom is -0.481 e. The normalized spacial score (nSPS) is 19.2. The summed E-state index contributed by atoms with van der Waals surface area (Å²) in [5.74, 6) is 5.56. The van der Waals surface area contributed by atoms with Crippen LogP contribution in [0.15, 0.2) is 35.4 Å². The van der Waals surface area contributed by atoms with E-state index in [1.807, 2.05) is 4.90 Å². The summed E-state index contributed by atoms with van der Waals surface area (Å²) in [6.07, 6.45) is 6.39. The molecule has 0 radical (unpaired) electrons. The third kappa shape index (κ3) is 6.29. The lowest BCUT2D eigenvalue weighted by Gasteiger charge is -2.42. The molecule has 2 aliphatic rings. The maximum atomic E-state index is 12.8. The number of carboxylic acids is 1. The summed E-state index contributed by atoms with van der Waals surface area (Å²) in [6.45, 7) is 12.7. The van der Waals surface area contributed by atoms with E-state index in [1.54, 1.807) is 24.3 Å². The Labute approximate surface area is 230 Å². The highest BCUT2D eigenvalue weighted by Crippen LogP contribution is 2.47. The van der Waals surface area contributed by atoms with E-state index in [0.29, 0.717) is 31.1 Å². The van der Waals surface area contributed by atoms with Crippen LogP contribution in [-0.2, 0) is 20.4 Å². The van der Waals surface area contributed by atoms with Gasteiger partial charge in [-0.1, -0.05) is 45.9 Å². The molecule has 1 fully saturated rings. The summed E-state index contributed by atoms with van der Waals surface area (Å²) in [7, 11) is 0. The van der Waals surface area contributed by atoms with Crippen LogP contribution < -0.4 is 5.84 Å². The Morgan fingerprint density at radius 3 is 2.47 bits per heavy atom. The third-order valence-electron chi connectivity index (χ3n) is 8.42. The van der Waals surface area contributed by atoms with E-state index >= 15 is 0 Å². The topological polar surface area (TPSA) is 99.8 Å². The number of piperidine rings is 1. The number of carbonyl (C=O) groups is 2. The van der Waals surface area contributed by atoms with Crippen molar-refractivity contribution < 1.29 is 14.7 Å². The molecule has 1 aliphatic heterocycles. The van der Waals surface area contributed by atoms with Crippen LogP contribution in [0.3, 0.4) is 0 Å². The first-order valence-electron chi connectivity index (χ1n) is 13.7. The van der Waals surface area contributed by atoms with E-state index in [-0.39, 0.29) is 29.7 Å². The van der Waals surface area contributed by atoms with Crippen molar-refractivity contribution in [1.29, 1.82) is 0 Å². The van der Waals surface area contributed by atoms with Gasteiger partial charge in [0.1, 0.15) is 6.54 Å². The second kappa shape index (κ2) is 11.2. The van der Waals surface area contributed by atoms with E-state index in [0.717, 1.165) is 23.5 Å². The number of benzene rings is 1. The van der Waals surface area contributed by atoms with Crippen molar-refractivity contribution >= 4 is 23.2 Å². The van der Waals surface area contributed by atoms with E-state index in [2.05, 4.69) is 51.3 Å². The molecule has 2 heterocycles. The molecular formula is C30H42N4O3S. The number of carboxylic acid groups (broad SMARTS) is 1. The highest BCUT2D eigenvalue weighted by molar-refractivity contribution is 7.10. The summed E-state index contributed by atoms with van der Waals surface area (Å²) in [6, 6.07) is 6.92. The Kier molecular flexibility index (Phi) is 8.33. The summed E-state index contributed by atoms with van der Waals surface area (Å²) in [5, 5.41) is 13.5. The van der Waals surface area contributed by atoms with Gasteiger partial charge in [-0.3, -0.25) is 9.59 Å². The fourth-order valence-electron chi connectivity index (χ4n) is 5.62. The number of amides is 1. The predicted molar refractivity (Wildman–Crippen MR) is 153 cm³/mol. The van der Waals surface area contributed by atoms with Crippen LogP contribution >= 0.6 is 11.3 Å². The number of aromatic nitrogens is 1. The maximum absolute atomic E-state index is 12.8. The van der Waals surface area contributed by atoms with Crippen LogP contribution in [0, 0.1) is 0 Å². The van der Waals surface area contributed by atoms with Gasteiger partial charge < -0.3 is 15.0 Å².